The molecule has 0 radical (unpaired) electrons. The SMILES string of the molecule is CC(=O)c1cccc(N/C(=C/[N+](=O)[O-])NCCCN2CCC(Cc3ccc(F)cc3)CC2)c1. The molecular formula is C25H31FN4O3. The third-order valence-electron chi connectivity index (χ3n) is 5.89. The van der Waals surface area contributed by atoms with Crippen LogP contribution in [0.15, 0.2) is 60.6 Å². The van der Waals surface area contributed by atoms with E-state index in [0.717, 1.165) is 51.5 Å². The minimum atomic E-state index is -0.504. The first-order valence-corrected chi connectivity index (χ1v) is 11.3. The number of benzene rings is 2. The van der Waals surface area contributed by atoms with Crippen molar-refractivity contribution in [3.05, 3.63) is 87.6 Å². The normalized spacial score (nSPS) is 15.3. The van der Waals surface area contributed by atoms with Crippen molar-refractivity contribution in [2.75, 3.05) is 31.5 Å². The Balaban J connectivity index is 1.40. The molecule has 176 valence electrons. The van der Waals surface area contributed by atoms with Gasteiger partial charge in [-0.15, -0.1) is 0 Å². The maximum Gasteiger partial charge on any atom is 0.274 e. The molecule has 2 aromatic rings. The highest BCUT2D eigenvalue weighted by Gasteiger charge is 2.19. The summed E-state index contributed by atoms with van der Waals surface area (Å²) < 4.78 is 13.1. The Morgan fingerprint density at radius 3 is 2.61 bits per heavy atom. The number of Topliss-reactive ketones (excluding diaryl/α,β-unsaturated/α-hetero) is 1. The standard InChI is InChI=1S/C25H31FN4O3/c1-19(31)22-4-2-5-24(17-22)28-25(18-30(32)33)27-12-3-13-29-14-10-21(11-15-29)16-20-6-8-23(26)9-7-20/h2,4-9,17-18,21,27-28H,3,10-16H2,1H3/b25-18+. The van der Waals surface area contributed by atoms with Gasteiger partial charge in [0, 0.05) is 17.8 Å². The number of carbonyl (C=O) groups excluding carboxylic acids is 1. The molecule has 2 aromatic carbocycles. The number of hydrogen-bond donors (Lipinski definition) is 2. The highest BCUT2D eigenvalue weighted by atomic mass is 19.1. The van der Waals surface area contributed by atoms with Gasteiger partial charge >= 0.3 is 0 Å². The molecule has 0 saturated carbocycles. The average molecular weight is 455 g/mol. The van der Waals surface area contributed by atoms with Crippen molar-refractivity contribution < 1.29 is 14.1 Å². The zero-order chi connectivity index (χ0) is 23.6. The molecule has 1 fully saturated rings. The number of ketones is 1. The summed E-state index contributed by atoms with van der Waals surface area (Å²) in [5.74, 6) is 0.652. The zero-order valence-electron chi connectivity index (χ0n) is 18.9. The molecule has 3 rings (SSSR count). The van der Waals surface area contributed by atoms with E-state index in [-0.39, 0.29) is 11.6 Å². The Labute approximate surface area is 193 Å². The van der Waals surface area contributed by atoms with Gasteiger partial charge in [0.25, 0.3) is 6.20 Å². The third kappa shape index (κ3) is 8.31. The van der Waals surface area contributed by atoms with Crippen molar-refractivity contribution in [2.24, 2.45) is 5.92 Å². The van der Waals surface area contributed by atoms with E-state index >= 15 is 0 Å². The molecule has 0 aliphatic carbocycles. The van der Waals surface area contributed by atoms with Crippen LogP contribution >= 0.6 is 0 Å². The maximum absolute atomic E-state index is 13.1. The molecule has 2 N–H and O–H groups in total. The maximum atomic E-state index is 13.1. The van der Waals surface area contributed by atoms with Gasteiger partial charge < -0.3 is 15.5 Å². The van der Waals surface area contributed by atoms with E-state index in [1.165, 1.54) is 24.6 Å². The van der Waals surface area contributed by atoms with Gasteiger partial charge in [-0.05, 0) is 88.0 Å². The molecule has 0 amide bonds. The molecule has 0 spiro atoms. The fraction of sp³-hybridized carbons (Fsp3) is 0.400. The molecule has 1 aliphatic heterocycles. The molecule has 33 heavy (non-hydrogen) atoms. The van der Waals surface area contributed by atoms with E-state index < -0.39 is 4.92 Å². The van der Waals surface area contributed by atoms with Gasteiger partial charge in [0.2, 0.25) is 0 Å². The van der Waals surface area contributed by atoms with E-state index in [0.29, 0.717) is 29.5 Å². The Bertz CT molecular complexity index is 970. The molecule has 1 aliphatic rings. The lowest BCUT2D eigenvalue weighted by Gasteiger charge is -2.32. The molecule has 1 saturated heterocycles. The smallest absolute Gasteiger partial charge is 0.274 e. The minimum absolute atomic E-state index is 0.0622. The monoisotopic (exact) mass is 454 g/mol. The summed E-state index contributed by atoms with van der Waals surface area (Å²) in [7, 11) is 0. The van der Waals surface area contributed by atoms with Crippen LogP contribution in [0.3, 0.4) is 0 Å². The van der Waals surface area contributed by atoms with Crippen LogP contribution in [-0.4, -0.2) is 41.8 Å². The summed E-state index contributed by atoms with van der Waals surface area (Å²) in [6.45, 7) is 5.05. The Hall–Kier alpha value is -3.26. The second kappa shape index (κ2) is 12.1. The van der Waals surface area contributed by atoms with Gasteiger partial charge in [-0.2, -0.15) is 0 Å². The molecule has 0 unspecified atom stereocenters. The Morgan fingerprint density at radius 2 is 1.94 bits per heavy atom. The van der Waals surface area contributed by atoms with Gasteiger partial charge in [-0.1, -0.05) is 24.3 Å². The molecule has 0 bridgehead atoms. The molecule has 1 heterocycles. The minimum Gasteiger partial charge on any atom is -0.366 e. The number of hydrogen-bond acceptors (Lipinski definition) is 6. The second-order valence-electron chi connectivity index (χ2n) is 8.49. The van der Waals surface area contributed by atoms with Gasteiger partial charge in [0.15, 0.2) is 11.6 Å². The number of halogens is 1. The first-order chi connectivity index (χ1) is 15.9. The summed E-state index contributed by atoms with van der Waals surface area (Å²) in [4.78, 5) is 24.5. The van der Waals surface area contributed by atoms with E-state index in [1.54, 1.807) is 24.3 Å². The van der Waals surface area contributed by atoms with Crippen molar-refractivity contribution >= 4 is 11.5 Å². The van der Waals surface area contributed by atoms with Gasteiger partial charge in [0.05, 0.1) is 4.92 Å². The summed E-state index contributed by atoms with van der Waals surface area (Å²) in [5.41, 5.74) is 2.35. The van der Waals surface area contributed by atoms with Crippen LogP contribution in [0.1, 0.15) is 42.1 Å². The largest absolute Gasteiger partial charge is 0.366 e. The first kappa shape index (κ1) is 24.4. The predicted octanol–water partition coefficient (Wildman–Crippen LogP) is 4.45. The summed E-state index contributed by atoms with van der Waals surface area (Å²) in [5, 5.41) is 17.1. The van der Waals surface area contributed by atoms with Crippen LogP contribution in [0.5, 0.6) is 0 Å². The van der Waals surface area contributed by atoms with E-state index in [1.807, 2.05) is 12.1 Å². The van der Waals surface area contributed by atoms with Crippen molar-refractivity contribution in [1.82, 2.24) is 10.2 Å². The quantitative estimate of drug-likeness (QED) is 0.226. The topological polar surface area (TPSA) is 87.5 Å². The number of carbonyl (C=O) groups is 1. The Morgan fingerprint density at radius 1 is 1.21 bits per heavy atom. The molecule has 0 aromatic heterocycles. The van der Waals surface area contributed by atoms with Crippen molar-refractivity contribution in [3.8, 4) is 0 Å². The third-order valence-corrected chi connectivity index (χ3v) is 5.89. The molecular weight excluding hydrogens is 423 g/mol. The lowest BCUT2D eigenvalue weighted by Crippen LogP contribution is -2.36. The van der Waals surface area contributed by atoms with Crippen LogP contribution in [-0.2, 0) is 6.42 Å². The summed E-state index contributed by atoms with van der Waals surface area (Å²) in [6.07, 6.45) is 4.98. The molecule has 0 atom stereocenters. The number of nitrogens with one attached hydrogen (secondary N) is 2. The number of anilines is 1. The first-order valence-electron chi connectivity index (χ1n) is 11.3. The molecule has 7 nitrogen and oxygen atoms in total. The Kier molecular flexibility index (Phi) is 8.95. The highest BCUT2D eigenvalue weighted by Crippen LogP contribution is 2.22. The van der Waals surface area contributed by atoms with Crippen molar-refractivity contribution in [3.63, 3.8) is 0 Å². The number of likely N-dealkylation sites (tertiary alicyclic amines) is 1. The lowest BCUT2D eigenvalue weighted by molar-refractivity contribution is -0.403. The van der Waals surface area contributed by atoms with E-state index in [4.69, 9.17) is 0 Å². The zero-order valence-corrected chi connectivity index (χ0v) is 18.9. The average Bonchev–Trinajstić information content (AvgIpc) is 2.79. The van der Waals surface area contributed by atoms with Gasteiger partial charge in [-0.3, -0.25) is 14.9 Å². The van der Waals surface area contributed by atoms with Crippen molar-refractivity contribution in [2.45, 2.75) is 32.6 Å². The van der Waals surface area contributed by atoms with E-state index in [2.05, 4.69) is 15.5 Å². The van der Waals surface area contributed by atoms with Crippen LogP contribution in [0.25, 0.3) is 0 Å². The highest BCUT2D eigenvalue weighted by molar-refractivity contribution is 5.94. The second-order valence-corrected chi connectivity index (χ2v) is 8.49. The van der Waals surface area contributed by atoms with Crippen molar-refractivity contribution in [1.29, 1.82) is 0 Å². The molecule has 8 heteroatoms. The van der Waals surface area contributed by atoms with Crippen LogP contribution < -0.4 is 10.6 Å². The fourth-order valence-corrected chi connectivity index (χ4v) is 4.09. The van der Waals surface area contributed by atoms with Crippen LogP contribution in [0, 0.1) is 21.8 Å². The van der Waals surface area contributed by atoms with Crippen LogP contribution in [0.2, 0.25) is 0 Å². The van der Waals surface area contributed by atoms with Crippen LogP contribution in [0.4, 0.5) is 10.1 Å². The fourth-order valence-electron chi connectivity index (χ4n) is 4.09. The number of piperidine rings is 1. The number of nitrogens with zero attached hydrogens (tertiary/aromatic N) is 2. The number of nitro groups is 1. The number of rotatable bonds is 11. The summed E-state index contributed by atoms with van der Waals surface area (Å²) in [6, 6.07) is 13.7. The van der Waals surface area contributed by atoms with E-state index in [9.17, 15) is 19.3 Å². The van der Waals surface area contributed by atoms with Gasteiger partial charge in [0.1, 0.15) is 5.82 Å². The van der Waals surface area contributed by atoms with Gasteiger partial charge in [-0.25, -0.2) is 4.39 Å². The lowest BCUT2D eigenvalue weighted by atomic mass is 9.90. The predicted molar refractivity (Wildman–Crippen MR) is 127 cm³/mol. The summed E-state index contributed by atoms with van der Waals surface area (Å²) >= 11 is 0.